The number of aromatic nitrogens is 2. The minimum atomic E-state index is -3.54. The Morgan fingerprint density at radius 1 is 1.42 bits per heavy atom. The van der Waals surface area contributed by atoms with Gasteiger partial charge in [-0.3, -0.25) is 4.79 Å². The van der Waals surface area contributed by atoms with Crippen molar-refractivity contribution in [2.24, 2.45) is 0 Å². The number of ketones is 1. The van der Waals surface area contributed by atoms with E-state index in [0.29, 0.717) is 16.1 Å². The molecule has 0 saturated carbocycles. The highest BCUT2D eigenvalue weighted by atomic mass is 35.5. The smallest absolute Gasteiger partial charge is 0.185 e. The average molecular weight is 301 g/mol. The maximum absolute atomic E-state index is 12.5. The van der Waals surface area contributed by atoms with Crippen molar-refractivity contribution in [2.75, 3.05) is 6.26 Å². The Kier molecular flexibility index (Phi) is 3.18. The fraction of sp³-hybridized carbons (Fsp3) is 0.333. The Bertz CT molecular complexity index is 762. The summed E-state index contributed by atoms with van der Waals surface area (Å²) in [5, 5.41) is 0.810. The summed E-state index contributed by atoms with van der Waals surface area (Å²) in [6.07, 6.45) is 4.00. The lowest BCUT2D eigenvalue weighted by Gasteiger charge is -2.20. The molecule has 0 aliphatic rings. The van der Waals surface area contributed by atoms with Gasteiger partial charge in [-0.25, -0.2) is 13.4 Å². The summed E-state index contributed by atoms with van der Waals surface area (Å²) in [5.74, 6) is -0.504. The van der Waals surface area contributed by atoms with Crippen LogP contribution in [0.5, 0.6) is 0 Å². The minimum Gasteiger partial charge on any atom is -0.345 e. The SMILES string of the molecule is CC(C)(C(=O)c1c[nH]c2nccc(Cl)c12)S(C)(=O)=O. The maximum atomic E-state index is 12.5. The number of Topliss-reactive ketones (excluding diaryl/α,β-unsaturated/α-hetero) is 1. The minimum absolute atomic E-state index is 0.239. The van der Waals surface area contributed by atoms with E-state index in [1.54, 1.807) is 6.07 Å². The largest absolute Gasteiger partial charge is 0.345 e. The van der Waals surface area contributed by atoms with Crippen molar-refractivity contribution in [3.8, 4) is 0 Å². The summed E-state index contributed by atoms with van der Waals surface area (Å²) in [7, 11) is -3.54. The Labute approximate surface area is 115 Å². The van der Waals surface area contributed by atoms with E-state index >= 15 is 0 Å². The highest BCUT2D eigenvalue weighted by Crippen LogP contribution is 2.30. The molecule has 0 atom stereocenters. The molecule has 2 aromatic heterocycles. The molecule has 0 unspecified atom stereocenters. The normalized spacial score (nSPS) is 12.8. The Morgan fingerprint density at radius 2 is 2.05 bits per heavy atom. The summed E-state index contributed by atoms with van der Waals surface area (Å²) in [6, 6.07) is 1.56. The number of carbonyl (C=O) groups is 1. The number of rotatable bonds is 3. The van der Waals surface area contributed by atoms with E-state index in [9.17, 15) is 13.2 Å². The lowest BCUT2D eigenvalue weighted by atomic mass is 10.0. The fourth-order valence-electron chi connectivity index (χ4n) is 1.69. The number of aromatic amines is 1. The van der Waals surface area contributed by atoms with Gasteiger partial charge >= 0.3 is 0 Å². The maximum Gasteiger partial charge on any atom is 0.185 e. The lowest BCUT2D eigenvalue weighted by molar-refractivity contribution is 0.0956. The third kappa shape index (κ3) is 2.15. The number of pyridine rings is 1. The molecule has 102 valence electrons. The van der Waals surface area contributed by atoms with Crippen molar-refractivity contribution >= 4 is 38.3 Å². The predicted molar refractivity (Wildman–Crippen MR) is 74.4 cm³/mol. The molecule has 0 aliphatic carbocycles. The van der Waals surface area contributed by atoms with E-state index in [4.69, 9.17) is 11.6 Å². The number of sulfone groups is 1. The monoisotopic (exact) mass is 300 g/mol. The number of hydrogen-bond donors (Lipinski definition) is 1. The molecule has 7 heteroatoms. The third-order valence-corrected chi connectivity index (χ3v) is 5.60. The van der Waals surface area contributed by atoms with Gasteiger partial charge in [-0.2, -0.15) is 0 Å². The van der Waals surface area contributed by atoms with Crippen molar-refractivity contribution in [2.45, 2.75) is 18.6 Å². The molecule has 2 aromatic rings. The number of H-pyrrole nitrogens is 1. The molecule has 0 aliphatic heterocycles. The first-order valence-electron chi connectivity index (χ1n) is 5.52. The van der Waals surface area contributed by atoms with Crippen molar-refractivity contribution in [3.63, 3.8) is 0 Å². The van der Waals surface area contributed by atoms with Gasteiger partial charge in [0.2, 0.25) is 0 Å². The van der Waals surface area contributed by atoms with Crippen LogP contribution in [0.1, 0.15) is 24.2 Å². The third-order valence-electron chi connectivity index (χ3n) is 3.24. The number of carbonyl (C=O) groups excluding carboxylic acids is 1. The van der Waals surface area contributed by atoms with E-state index in [2.05, 4.69) is 9.97 Å². The molecule has 0 aromatic carbocycles. The molecule has 2 heterocycles. The number of hydrogen-bond acceptors (Lipinski definition) is 4. The van der Waals surface area contributed by atoms with Crippen LogP contribution >= 0.6 is 11.6 Å². The van der Waals surface area contributed by atoms with Gasteiger partial charge in [0.25, 0.3) is 0 Å². The van der Waals surface area contributed by atoms with Crippen LogP contribution in [0.15, 0.2) is 18.5 Å². The Morgan fingerprint density at radius 3 is 2.63 bits per heavy atom. The average Bonchev–Trinajstić information content (AvgIpc) is 2.71. The Balaban J connectivity index is 2.67. The molecule has 0 spiro atoms. The second-order valence-electron chi connectivity index (χ2n) is 4.83. The molecule has 0 radical (unpaired) electrons. The zero-order valence-electron chi connectivity index (χ0n) is 10.7. The van der Waals surface area contributed by atoms with Gasteiger partial charge in [-0.15, -0.1) is 0 Å². The summed E-state index contributed by atoms with van der Waals surface area (Å²) in [4.78, 5) is 19.3. The van der Waals surface area contributed by atoms with E-state index in [0.717, 1.165) is 6.26 Å². The van der Waals surface area contributed by atoms with Crippen LogP contribution < -0.4 is 0 Å². The summed E-state index contributed by atoms with van der Waals surface area (Å²) in [6.45, 7) is 2.77. The first-order chi connectivity index (χ1) is 8.66. The van der Waals surface area contributed by atoms with Crippen LogP contribution in [0.25, 0.3) is 11.0 Å². The first kappa shape index (κ1) is 14.0. The molecule has 0 saturated heterocycles. The van der Waals surface area contributed by atoms with Crippen molar-refractivity contribution in [3.05, 3.63) is 29.0 Å². The van der Waals surface area contributed by atoms with Crippen molar-refractivity contribution in [1.29, 1.82) is 0 Å². The van der Waals surface area contributed by atoms with Crippen LogP contribution in [0.4, 0.5) is 0 Å². The molecule has 19 heavy (non-hydrogen) atoms. The van der Waals surface area contributed by atoms with Gasteiger partial charge in [0.15, 0.2) is 15.6 Å². The molecule has 1 N–H and O–H groups in total. The zero-order chi connectivity index (χ0) is 14.4. The van der Waals surface area contributed by atoms with Gasteiger partial charge in [0, 0.05) is 29.6 Å². The topological polar surface area (TPSA) is 79.9 Å². The van der Waals surface area contributed by atoms with Gasteiger partial charge < -0.3 is 4.98 Å². The number of halogens is 1. The van der Waals surface area contributed by atoms with Crippen LogP contribution in [0.3, 0.4) is 0 Å². The van der Waals surface area contributed by atoms with E-state index in [1.807, 2.05) is 0 Å². The van der Waals surface area contributed by atoms with Gasteiger partial charge in [-0.1, -0.05) is 11.6 Å². The van der Waals surface area contributed by atoms with Crippen molar-refractivity contribution < 1.29 is 13.2 Å². The summed E-state index contributed by atoms with van der Waals surface area (Å²) < 4.78 is 21.9. The van der Waals surface area contributed by atoms with E-state index in [-0.39, 0.29) is 5.56 Å². The highest BCUT2D eigenvalue weighted by molar-refractivity contribution is 7.92. The van der Waals surface area contributed by atoms with Crippen LogP contribution in [-0.2, 0) is 9.84 Å². The van der Waals surface area contributed by atoms with Gasteiger partial charge in [0.1, 0.15) is 10.4 Å². The summed E-state index contributed by atoms with van der Waals surface area (Å²) in [5.41, 5.74) is 0.698. The summed E-state index contributed by atoms with van der Waals surface area (Å²) >= 11 is 6.05. The fourth-order valence-corrected chi connectivity index (χ4v) is 2.38. The van der Waals surface area contributed by atoms with Crippen LogP contribution in [0.2, 0.25) is 5.02 Å². The number of fused-ring (bicyclic) bond motifs is 1. The molecular weight excluding hydrogens is 288 g/mol. The van der Waals surface area contributed by atoms with Gasteiger partial charge in [0.05, 0.1) is 5.02 Å². The first-order valence-corrected chi connectivity index (χ1v) is 7.79. The molecule has 0 amide bonds. The number of nitrogens with one attached hydrogen (secondary N) is 1. The molecule has 0 fully saturated rings. The lowest BCUT2D eigenvalue weighted by Crippen LogP contribution is -2.39. The molecule has 2 rings (SSSR count). The number of nitrogens with zero attached hydrogens (tertiary/aromatic N) is 1. The van der Waals surface area contributed by atoms with Crippen LogP contribution in [-0.4, -0.2) is 35.2 Å². The van der Waals surface area contributed by atoms with Gasteiger partial charge in [-0.05, 0) is 19.9 Å². The zero-order valence-corrected chi connectivity index (χ0v) is 12.3. The van der Waals surface area contributed by atoms with E-state index in [1.165, 1.54) is 26.2 Å². The molecule has 5 nitrogen and oxygen atoms in total. The standard InChI is InChI=1S/C12H13ClN2O3S/c1-12(2,19(3,17)18)10(16)7-6-15-11-9(7)8(13)4-5-14-11/h4-6H,1-3H3,(H,14,15). The predicted octanol–water partition coefficient (Wildman–Crippen LogP) is 2.22. The Hall–Kier alpha value is -1.40. The quantitative estimate of drug-likeness (QED) is 0.881. The molecular formula is C12H13ClN2O3S. The van der Waals surface area contributed by atoms with Crippen molar-refractivity contribution in [1.82, 2.24) is 9.97 Å². The second-order valence-corrected chi connectivity index (χ2v) is 7.80. The molecule has 0 bridgehead atoms. The van der Waals surface area contributed by atoms with Crippen LogP contribution in [0, 0.1) is 0 Å². The van der Waals surface area contributed by atoms with E-state index < -0.39 is 20.4 Å². The highest BCUT2D eigenvalue weighted by Gasteiger charge is 2.40. The second kappa shape index (κ2) is 4.31.